The van der Waals surface area contributed by atoms with E-state index in [4.69, 9.17) is 5.73 Å². The van der Waals surface area contributed by atoms with Crippen molar-refractivity contribution in [2.45, 2.75) is 45.2 Å². The Morgan fingerprint density at radius 1 is 1.33 bits per heavy atom. The maximum atomic E-state index is 5.87. The van der Waals surface area contributed by atoms with Crippen LogP contribution in [0.1, 0.15) is 33.1 Å². The molecule has 1 aliphatic heterocycles. The Hall–Kier alpha value is -0.0800. The Balaban J connectivity index is 1.81. The summed E-state index contributed by atoms with van der Waals surface area (Å²) < 4.78 is 0. The minimum atomic E-state index is 0.453. The third-order valence-corrected chi connectivity index (χ3v) is 3.35. The van der Waals surface area contributed by atoms with Gasteiger partial charge >= 0.3 is 0 Å². The van der Waals surface area contributed by atoms with Gasteiger partial charge in [0.05, 0.1) is 0 Å². The Labute approximate surface area is 75.1 Å². The normalized spacial score (nSPS) is 36.8. The van der Waals surface area contributed by atoms with Gasteiger partial charge in [-0.25, -0.2) is 0 Å². The molecule has 2 rings (SSSR count). The first-order valence-electron chi connectivity index (χ1n) is 5.06. The molecule has 2 nitrogen and oxygen atoms in total. The van der Waals surface area contributed by atoms with E-state index in [9.17, 15) is 0 Å². The molecule has 70 valence electrons. The molecule has 0 spiro atoms. The summed E-state index contributed by atoms with van der Waals surface area (Å²) in [5, 5.41) is 0. The molecule has 1 aliphatic carbocycles. The van der Waals surface area contributed by atoms with Gasteiger partial charge in [0, 0.05) is 25.2 Å². The molecule has 2 N–H and O–H groups in total. The topological polar surface area (TPSA) is 29.3 Å². The van der Waals surface area contributed by atoms with Crippen LogP contribution in [0.5, 0.6) is 0 Å². The first-order chi connectivity index (χ1) is 5.57. The Bertz CT molecular complexity index is 169. The molecule has 0 aromatic carbocycles. The molecule has 12 heavy (non-hydrogen) atoms. The highest BCUT2D eigenvalue weighted by Gasteiger charge is 2.40. The van der Waals surface area contributed by atoms with Crippen molar-refractivity contribution in [3.8, 4) is 0 Å². The van der Waals surface area contributed by atoms with E-state index in [-0.39, 0.29) is 0 Å². The van der Waals surface area contributed by atoms with E-state index in [1.807, 2.05) is 0 Å². The lowest BCUT2D eigenvalue weighted by molar-refractivity contribution is 0.0398. The van der Waals surface area contributed by atoms with E-state index in [1.54, 1.807) is 0 Å². The molecule has 0 aromatic rings. The second-order valence-electron chi connectivity index (χ2n) is 5.27. The zero-order valence-corrected chi connectivity index (χ0v) is 8.21. The first-order valence-corrected chi connectivity index (χ1v) is 5.06. The first kappa shape index (κ1) is 8.52. The van der Waals surface area contributed by atoms with Gasteiger partial charge in [-0.15, -0.1) is 0 Å². The average molecular weight is 168 g/mol. The van der Waals surface area contributed by atoms with Crippen molar-refractivity contribution in [2.24, 2.45) is 11.1 Å². The molecular weight excluding hydrogens is 148 g/mol. The van der Waals surface area contributed by atoms with E-state index in [1.165, 1.54) is 25.8 Å². The molecule has 1 heterocycles. The van der Waals surface area contributed by atoms with Crippen LogP contribution in [-0.2, 0) is 0 Å². The van der Waals surface area contributed by atoms with Crippen molar-refractivity contribution in [3.05, 3.63) is 0 Å². The largest absolute Gasteiger partial charge is 0.326 e. The predicted octanol–water partition coefficient (Wildman–Crippen LogP) is 1.21. The van der Waals surface area contributed by atoms with Crippen LogP contribution in [0.2, 0.25) is 0 Å². The van der Waals surface area contributed by atoms with Gasteiger partial charge in [0.2, 0.25) is 0 Å². The summed E-state index contributed by atoms with van der Waals surface area (Å²) in [6.45, 7) is 7.10. The lowest BCUT2D eigenvalue weighted by Gasteiger charge is -2.47. The highest BCUT2D eigenvalue weighted by atomic mass is 15.2. The zero-order valence-electron chi connectivity index (χ0n) is 8.21. The number of nitrogens with zero attached hydrogens (tertiary/aromatic N) is 1. The van der Waals surface area contributed by atoms with Crippen molar-refractivity contribution >= 4 is 0 Å². The second kappa shape index (κ2) is 2.71. The van der Waals surface area contributed by atoms with E-state index in [0.29, 0.717) is 11.5 Å². The fourth-order valence-electron chi connectivity index (χ4n) is 2.62. The van der Waals surface area contributed by atoms with Gasteiger partial charge < -0.3 is 5.73 Å². The van der Waals surface area contributed by atoms with E-state index < -0.39 is 0 Å². The highest BCUT2D eigenvalue weighted by molar-refractivity contribution is 4.96. The van der Waals surface area contributed by atoms with E-state index in [0.717, 1.165) is 12.6 Å². The van der Waals surface area contributed by atoms with Crippen LogP contribution in [0, 0.1) is 5.41 Å². The van der Waals surface area contributed by atoms with Gasteiger partial charge in [-0.2, -0.15) is 0 Å². The fourth-order valence-corrected chi connectivity index (χ4v) is 2.62. The molecule has 0 aromatic heterocycles. The van der Waals surface area contributed by atoms with Crippen molar-refractivity contribution < 1.29 is 0 Å². The molecular formula is C10H20N2. The Morgan fingerprint density at radius 3 is 2.42 bits per heavy atom. The number of hydrogen-bond donors (Lipinski definition) is 1. The fraction of sp³-hybridized carbons (Fsp3) is 1.00. The summed E-state index contributed by atoms with van der Waals surface area (Å²) in [6, 6.07) is 1.31. The maximum Gasteiger partial charge on any atom is 0.0180 e. The van der Waals surface area contributed by atoms with E-state index in [2.05, 4.69) is 18.7 Å². The summed E-state index contributed by atoms with van der Waals surface area (Å²) >= 11 is 0. The van der Waals surface area contributed by atoms with Crippen LogP contribution in [0.25, 0.3) is 0 Å². The predicted molar refractivity (Wildman–Crippen MR) is 51.0 cm³/mol. The number of nitrogens with two attached hydrogens (primary N) is 1. The van der Waals surface area contributed by atoms with Crippen molar-refractivity contribution in [3.63, 3.8) is 0 Å². The summed E-state index contributed by atoms with van der Waals surface area (Å²) in [5.41, 5.74) is 6.48. The van der Waals surface area contributed by atoms with Crippen LogP contribution in [0.4, 0.5) is 0 Å². The summed E-state index contributed by atoms with van der Waals surface area (Å²) in [5.74, 6) is 0. The maximum absolute atomic E-state index is 5.87. The summed E-state index contributed by atoms with van der Waals surface area (Å²) in [6.07, 6.45) is 3.95. The summed E-state index contributed by atoms with van der Waals surface area (Å²) in [7, 11) is 0. The molecule has 0 bridgehead atoms. The lowest BCUT2D eigenvalue weighted by atomic mass is 9.68. The van der Waals surface area contributed by atoms with Crippen molar-refractivity contribution in [1.82, 2.24) is 4.90 Å². The Kier molecular flexibility index (Phi) is 1.92. The molecule has 1 atom stereocenters. The third kappa shape index (κ3) is 1.50. The third-order valence-electron chi connectivity index (χ3n) is 3.35. The van der Waals surface area contributed by atoms with Gasteiger partial charge in [-0.05, 0) is 24.7 Å². The lowest BCUT2D eigenvalue weighted by Crippen LogP contribution is -2.48. The quantitative estimate of drug-likeness (QED) is 0.637. The van der Waals surface area contributed by atoms with Crippen molar-refractivity contribution in [1.29, 1.82) is 0 Å². The monoisotopic (exact) mass is 168 g/mol. The second-order valence-corrected chi connectivity index (χ2v) is 5.27. The van der Waals surface area contributed by atoms with Gasteiger partial charge in [-0.1, -0.05) is 13.8 Å². The molecule has 0 radical (unpaired) electrons. The van der Waals surface area contributed by atoms with Crippen LogP contribution in [0.15, 0.2) is 0 Å². The molecule has 1 saturated carbocycles. The molecule has 2 fully saturated rings. The van der Waals surface area contributed by atoms with E-state index >= 15 is 0 Å². The SMILES string of the molecule is CC1(C)CC(N2CCC(N)C2)C1. The summed E-state index contributed by atoms with van der Waals surface area (Å²) in [4.78, 5) is 2.58. The highest BCUT2D eigenvalue weighted by Crippen LogP contribution is 2.43. The average Bonchev–Trinajstić information content (AvgIpc) is 2.30. The van der Waals surface area contributed by atoms with Crippen LogP contribution >= 0.6 is 0 Å². The number of likely N-dealkylation sites (tertiary alicyclic amines) is 1. The van der Waals surface area contributed by atoms with Crippen LogP contribution in [-0.4, -0.2) is 30.1 Å². The standard InChI is InChI=1S/C10H20N2/c1-10(2)5-9(6-10)12-4-3-8(11)7-12/h8-9H,3-7,11H2,1-2H3. The number of hydrogen-bond acceptors (Lipinski definition) is 2. The van der Waals surface area contributed by atoms with Gasteiger partial charge in [0.25, 0.3) is 0 Å². The van der Waals surface area contributed by atoms with Crippen molar-refractivity contribution in [2.75, 3.05) is 13.1 Å². The smallest absolute Gasteiger partial charge is 0.0180 e. The molecule has 2 aliphatic rings. The minimum Gasteiger partial charge on any atom is -0.326 e. The zero-order chi connectivity index (χ0) is 8.77. The van der Waals surface area contributed by atoms with Crippen LogP contribution in [0.3, 0.4) is 0 Å². The molecule has 1 unspecified atom stereocenters. The number of rotatable bonds is 1. The van der Waals surface area contributed by atoms with Gasteiger partial charge in [0.15, 0.2) is 0 Å². The van der Waals surface area contributed by atoms with Gasteiger partial charge in [-0.3, -0.25) is 4.90 Å². The minimum absolute atomic E-state index is 0.453. The van der Waals surface area contributed by atoms with Crippen LogP contribution < -0.4 is 5.73 Å². The molecule has 2 heteroatoms. The molecule has 1 saturated heterocycles. The Morgan fingerprint density at radius 2 is 2.00 bits per heavy atom. The van der Waals surface area contributed by atoms with Gasteiger partial charge in [0.1, 0.15) is 0 Å². The molecule has 0 amide bonds.